The summed E-state index contributed by atoms with van der Waals surface area (Å²) in [6, 6.07) is 5.60. The number of aldehydes is 1. The van der Waals surface area contributed by atoms with E-state index in [4.69, 9.17) is 11.6 Å². The first-order valence-corrected chi connectivity index (χ1v) is 4.20. The molecule has 0 saturated carbocycles. The number of fused-ring (bicyclic) bond motifs is 1. The summed E-state index contributed by atoms with van der Waals surface area (Å²) in [5.41, 5.74) is 1.95. The standard InChI is InChI=1S/C9H7ClN2O/c1-6-3-2-4-8-11-7(5-13)9(10)12(6)8/h2-5H,1H3. The van der Waals surface area contributed by atoms with Crippen molar-refractivity contribution in [3.05, 3.63) is 34.7 Å². The summed E-state index contributed by atoms with van der Waals surface area (Å²) in [5, 5.41) is 0.378. The van der Waals surface area contributed by atoms with Gasteiger partial charge >= 0.3 is 0 Å². The Bertz CT molecular complexity index is 476. The summed E-state index contributed by atoms with van der Waals surface area (Å²) in [4.78, 5) is 14.6. The topological polar surface area (TPSA) is 34.4 Å². The van der Waals surface area contributed by atoms with E-state index in [1.807, 2.05) is 25.1 Å². The number of halogens is 1. The quantitative estimate of drug-likeness (QED) is 0.652. The number of carbonyl (C=O) groups excluding carboxylic acids is 1. The summed E-state index contributed by atoms with van der Waals surface area (Å²) in [6.07, 6.45) is 0.661. The molecule has 2 heterocycles. The SMILES string of the molecule is Cc1cccc2nc(C=O)c(Cl)n12. The van der Waals surface area contributed by atoms with E-state index < -0.39 is 0 Å². The first-order valence-electron chi connectivity index (χ1n) is 3.83. The second-order valence-corrected chi connectivity index (χ2v) is 3.12. The number of aromatic nitrogens is 2. The van der Waals surface area contributed by atoms with Gasteiger partial charge in [0, 0.05) is 5.69 Å². The van der Waals surface area contributed by atoms with Crippen molar-refractivity contribution >= 4 is 23.5 Å². The van der Waals surface area contributed by atoms with Crippen LogP contribution in [0, 0.1) is 6.92 Å². The van der Waals surface area contributed by atoms with E-state index in [2.05, 4.69) is 4.98 Å². The summed E-state index contributed by atoms with van der Waals surface area (Å²) >= 11 is 5.93. The molecule has 0 saturated heterocycles. The number of hydrogen-bond donors (Lipinski definition) is 0. The molecule has 0 aromatic carbocycles. The van der Waals surface area contributed by atoms with E-state index >= 15 is 0 Å². The van der Waals surface area contributed by atoms with Gasteiger partial charge in [0.15, 0.2) is 6.29 Å². The first kappa shape index (κ1) is 8.26. The van der Waals surface area contributed by atoms with E-state index in [1.54, 1.807) is 4.40 Å². The Kier molecular flexibility index (Phi) is 1.81. The monoisotopic (exact) mass is 194 g/mol. The Morgan fingerprint density at radius 1 is 1.54 bits per heavy atom. The maximum Gasteiger partial charge on any atom is 0.171 e. The predicted molar refractivity (Wildman–Crippen MR) is 50.3 cm³/mol. The molecule has 2 aromatic heterocycles. The van der Waals surface area contributed by atoms with Crippen LogP contribution in [-0.2, 0) is 0 Å². The van der Waals surface area contributed by atoms with Gasteiger partial charge in [-0.3, -0.25) is 9.20 Å². The fourth-order valence-corrected chi connectivity index (χ4v) is 1.61. The third-order valence-corrected chi connectivity index (χ3v) is 2.28. The zero-order valence-corrected chi connectivity index (χ0v) is 7.75. The van der Waals surface area contributed by atoms with E-state index in [1.165, 1.54) is 0 Å². The Morgan fingerprint density at radius 3 is 2.92 bits per heavy atom. The zero-order chi connectivity index (χ0) is 9.42. The predicted octanol–water partition coefficient (Wildman–Crippen LogP) is 2.11. The molecule has 0 N–H and O–H groups in total. The van der Waals surface area contributed by atoms with Crippen molar-refractivity contribution in [3.63, 3.8) is 0 Å². The average Bonchev–Trinajstić information content (AvgIpc) is 2.44. The summed E-state index contributed by atoms with van der Waals surface area (Å²) in [5.74, 6) is 0. The second-order valence-electron chi connectivity index (χ2n) is 2.77. The van der Waals surface area contributed by atoms with Crippen LogP contribution in [-0.4, -0.2) is 15.7 Å². The molecule has 4 heteroatoms. The number of hydrogen-bond acceptors (Lipinski definition) is 2. The minimum atomic E-state index is 0.288. The molecule has 66 valence electrons. The minimum Gasteiger partial charge on any atom is -0.296 e. The molecule has 0 unspecified atom stereocenters. The van der Waals surface area contributed by atoms with Crippen LogP contribution in [0.15, 0.2) is 18.2 Å². The van der Waals surface area contributed by atoms with E-state index in [-0.39, 0.29) is 5.69 Å². The zero-order valence-electron chi connectivity index (χ0n) is 6.99. The van der Waals surface area contributed by atoms with E-state index in [0.29, 0.717) is 17.1 Å². The summed E-state index contributed by atoms with van der Waals surface area (Å²) in [7, 11) is 0. The lowest BCUT2D eigenvalue weighted by molar-refractivity contribution is 0.111. The Balaban J connectivity index is 2.92. The highest BCUT2D eigenvalue weighted by atomic mass is 35.5. The van der Waals surface area contributed by atoms with Gasteiger partial charge in [-0.1, -0.05) is 17.7 Å². The second kappa shape index (κ2) is 2.85. The molecule has 2 rings (SSSR count). The lowest BCUT2D eigenvalue weighted by Gasteiger charge is -1.98. The average molecular weight is 195 g/mol. The molecule has 0 aliphatic heterocycles. The molecule has 0 bridgehead atoms. The normalized spacial score (nSPS) is 10.6. The number of rotatable bonds is 1. The Hall–Kier alpha value is -1.35. The molecule has 0 radical (unpaired) electrons. The molecule has 0 atom stereocenters. The van der Waals surface area contributed by atoms with Gasteiger partial charge in [-0.05, 0) is 19.1 Å². The maximum absolute atomic E-state index is 10.5. The molecule has 0 fully saturated rings. The molecular weight excluding hydrogens is 188 g/mol. The molecule has 3 nitrogen and oxygen atoms in total. The highest BCUT2D eigenvalue weighted by molar-refractivity contribution is 6.32. The molecule has 0 aliphatic carbocycles. The van der Waals surface area contributed by atoms with Crippen molar-refractivity contribution in [1.29, 1.82) is 0 Å². The third kappa shape index (κ3) is 1.12. The van der Waals surface area contributed by atoms with Crippen molar-refractivity contribution in [1.82, 2.24) is 9.38 Å². The third-order valence-electron chi connectivity index (χ3n) is 1.92. The lowest BCUT2D eigenvalue weighted by atomic mass is 10.4. The van der Waals surface area contributed by atoms with Crippen molar-refractivity contribution in [2.24, 2.45) is 0 Å². The lowest BCUT2D eigenvalue weighted by Crippen LogP contribution is -1.89. The Morgan fingerprint density at radius 2 is 2.31 bits per heavy atom. The molecule has 0 aliphatic rings. The molecule has 0 spiro atoms. The molecule has 0 amide bonds. The first-order chi connectivity index (χ1) is 6.24. The van der Waals surface area contributed by atoms with Gasteiger partial charge in [0.2, 0.25) is 0 Å². The minimum absolute atomic E-state index is 0.288. The van der Waals surface area contributed by atoms with E-state index in [9.17, 15) is 4.79 Å². The van der Waals surface area contributed by atoms with Crippen LogP contribution in [0.2, 0.25) is 5.15 Å². The van der Waals surface area contributed by atoms with Crippen LogP contribution in [0.1, 0.15) is 16.2 Å². The van der Waals surface area contributed by atoms with E-state index in [0.717, 1.165) is 5.69 Å². The number of carbonyl (C=O) groups is 1. The summed E-state index contributed by atoms with van der Waals surface area (Å²) < 4.78 is 1.74. The van der Waals surface area contributed by atoms with Crippen LogP contribution in [0.4, 0.5) is 0 Å². The van der Waals surface area contributed by atoms with Gasteiger partial charge in [0.1, 0.15) is 16.5 Å². The number of aryl methyl sites for hydroxylation is 1. The highest BCUT2D eigenvalue weighted by Crippen LogP contribution is 2.18. The number of nitrogens with zero attached hydrogens (tertiary/aromatic N) is 2. The maximum atomic E-state index is 10.5. The van der Waals surface area contributed by atoms with Gasteiger partial charge < -0.3 is 0 Å². The highest BCUT2D eigenvalue weighted by Gasteiger charge is 2.09. The molecule has 2 aromatic rings. The smallest absolute Gasteiger partial charge is 0.171 e. The van der Waals surface area contributed by atoms with Crippen molar-refractivity contribution in [2.75, 3.05) is 0 Å². The van der Waals surface area contributed by atoms with Crippen LogP contribution in [0.5, 0.6) is 0 Å². The van der Waals surface area contributed by atoms with Gasteiger partial charge in [0.05, 0.1) is 0 Å². The number of imidazole rings is 1. The van der Waals surface area contributed by atoms with Crippen molar-refractivity contribution in [3.8, 4) is 0 Å². The summed E-state index contributed by atoms with van der Waals surface area (Å²) in [6.45, 7) is 1.91. The molecule has 13 heavy (non-hydrogen) atoms. The molecular formula is C9H7ClN2O. The van der Waals surface area contributed by atoms with Crippen molar-refractivity contribution < 1.29 is 4.79 Å². The fourth-order valence-electron chi connectivity index (χ4n) is 1.30. The Labute approximate surface area is 80.0 Å². The van der Waals surface area contributed by atoms with Crippen LogP contribution >= 0.6 is 11.6 Å². The van der Waals surface area contributed by atoms with Gasteiger partial charge in [-0.15, -0.1) is 0 Å². The van der Waals surface area contributed by atoms with Crippen LogP contribution in [0.3, 0.4) is 0 Å². The van der Waals surface area contributed by atoms with Gasteiger partial charge in [-0.2, -0.15) is 0 Å². The number of pyridine rings is 1. The van der Waals surface area contributed by atoms with Gasteiger partial charge in [0.25, 0.3) is 0 Å². The fraction of sp³-hybridized carbons (Fsp3) is 0.111. The van der Waals surface area contributed by atoms with Crippen LogP contribution < -0.4 is 0 Å². The van der Waals surface area contributed by atoms with Crippen molar-refractivity contribution in [2.45, 2.75) is 6.92 Å². The van der Waals surface area contributed by atoms with Gasteiger partial charge in [-0.25, -0.2) is 4.98 Å². The van der Waals surface area contributed by atoms with Crippen LogP contribution in [0.25, 0.3) is 5.65 Å². The largest absolute Gasteiger partial charge is 0.296 e.